The van der Waals surface area contributed by atoms with Crippen molar-refractivity contribution in [3.05, 3.63) is 48.8 Å². The fourth-order valence-electron chi connectivity index (χ4n) is 2.42. The predicted molar refractivity (Wildman–Crippen MR) is 93.4 cm³/mol. The van der Waals surface area contributed by atoms with Gasteiger partial charge in [-0.2, -0.15) is 0 Å². The molecule has 1 aromatic carbocycles. The number of aromatic nitrogens is 1. The van der Waals surface area contributed by atoms with Crippen molar-refractivity contribution in [2.75, 3.05) is 0 Å². The van der Waals surface area contributed by atoms with Crippen LogP contribution in [0.2, 0.25) is 5.02 Å². The minimum absolute atomic E-state index is 0.120. The van der Waals surface area contributed by atoms with Gasteiger partial charge in [0.25, 0.3) is 0 Å². The summed E-state index contributed by atoms with van der Waals surface area (Å²) in [6, 6.07) is 6.69. The Morgan fingerprint density at radius 3 is 2.86 bits per heavy atom. The Bertz CT molecular complexity index is 652. The van der Waals surface area contributed by atoms with Crippen LogP contribution in [0.3, 0.4) is 0 Å². The Kier molecular flexibility index (Phi) is 4.69. The number of aryl methyl sites for hydroxylation is 2. The van der Waals surface area contributed by atoms with Gasteiger partial charge in [0.2, 0.25) is 0 Å². The lowest BCUT2D eigenvalue weighted by molar-refractivity contribution is 0.595. The summed E-state index contributed by atoms with van der Waals surface area (Å²) in [5.74, 6) is 0. The second-order valence-electron chi connectivity index (χ2n) is 5.45. The number of hydrogen-bond donors (Lipinski definition) is 1. The topological polar surface area (TPSA) is 24.9 Å². The molecule has 0 aliphatic heterocycles. The standard InChI is InChI=1S/C16H18BrClN2S/c1-3-14-9(2)21-16(20-14)15(19-11-5-6-11)12-8-10(18)4-7-13(12)17/h4,7-8,11,15,19H,3,5-6H2,1-2H3. The van der Waals surface area contributed by atoms with E-state index in [0.29, 0.717) is 6.04 Å². The van der Waals surface area contributed by atoms with Gasteiger partial charge in [0.1, 0.15) is 5.01 Å². The van der Waals surface area contributed by atoms with E-state index in [2.05, 4.69) is 35.1 Å². The normalized spacial score (nSPS) is 16.2. The van der Waals surface area contributed by atoms with E-state index in [1.54, 1.807) is 11.3 Å². The van der Waals surface area contributed by atoms with Crippen LogP contribution in [-0.4, -0.2) is 11.0 Å². The third-order valence-electron chi connectivity index (χ3n) is 3.74. The number of nitrogens with one attached hydrogen (secondary N) is 1. The van der Waals surface area contributed by atoms with Crippen LogP contribution in [0.1, 0.15) is 46.9 Å². The number of nitrogens with zero attached hydrogens (tertiary/aromatic N) is 1. The summed E-state index contributed by atoms with van der Waals surface area (Å²) in [5, 5.41) is 5.62. The van der Waals surface area contributed by atoms with Crippen LogP contribution >= 0.6 is 38.9 Å². The number of hydrogen-bond acceptors (Lipinski definition) is 3. The van der Waals surface area contributed by atoms with Crippen LogP contribution in [0.5, 0.6) is 0 Å². The first kappa shape index (κ1) is 15.5. The maximum absolute atomic E-state index is 6.20. The summed E-state index contributed by atoms with van der Waals surface area (Å²) in [7, 11) is 0. The number of thiazole rings is 1. The predicted octanol–water partition coefficient (Wildman–Crippen LogP) is 5.27. The van der Waals surface area contributed by atoms with E-state index < -0.39 is 0 Å². The van der Waals surface area contributed by atoms with Crippen molar-refractivity contribution in [2.45, 2.75) is 45.2 Å². The first-order chi connectivity index (χ1) is 10.1. The molecule has 0 radical (unpaired) electrons. The highest BCUT2D eigenvalue weighted by Crippen LogP contribution is 2.36. The molecule has 1 atom stereocenters. The summed E-state index contributed by atoms with van der Waals surface area (Å²) in [6.07, 6.45) is 3.48. The zero-order valence-electron chi connectivity index (χ0n) is 12.1. The van der Waals surface area contributed by atoms with Crippen LogP contribution in [-0.2, 0) is 6.42 Å². The number of rotatable bonds is 5. The molecule has 1 aliphatic rings. The molecule has 3 rings (SSSR count). The lowest BCUT2D eigenvalue weighted by atomic mass is 10.1. The largest absolute Gasteiger partial charge is 0.301 e. The highest BCUT2D eigenvalue weighted by atomic mass is 79.9. The molecule has 0 spiro atoms. The summed E-state index contributed by atoms with van der Waals surface area (Å²) < 4.78 is 1.08. The molecule has 2 nitrogen and oxygen atoms in total. The molecule has 0 amide bonds. The lowest BCUT2D eigenvalue weighted by Gasteiger charge is -2.18. The van der Waals surface area contributed by atoms with Crippen molar-refractivity contribution in [3.63, 3.8) is 0 Å². The molecule has 1 aromatic heterocycles. The third-order valence-corrected chi connectivity index (χ3v) is 5.78. The minimum atomic E-state index is 0.120. The van der Waals surface area contributed by atoms with E-state index in [1.807, 2.05) is 18.2 Å². The fraction of sp³-hybridized carbons (Fsp3) is 0.438. The van der Waals surface area contributed by atoms with E-state index >= 15 is 0 Å². The average Bonchev–Trinajstić information content (AvgIpc) is 3.20. The first-order valence-corrected chi connectivity index (χ1v) is 9.24. The van der Waals surface area contributed by atoms with Crippen molar-refractivity contribution in [2.24, 2.45) is 0 Å². The van der Waals surface area contributed by atoms with E-state index in [-0.39, 0.29) is 6.04 Å². The van der Waals surface area contributed by atoms with Crippen LogP contribution in [0.25, 0.3) is 0 Å². The molecule has 1 unspecified atom stereocenters. The SMILES string of the molecule is CCc1nc(C(NC2CC2)c2cc(Cl)ccc2Br)sc1C. The molecule has 1 saturated carbocycles. The van der Waals surface area contributed by atoms with Gasteiger partial charge in [0.15, 0.2) is 0 Å². The van der Waals surface area contributed by atoms with E-state index in [1.165, 1.54) is 29.0 Å². The molecule has 1 N–H and O–H groups in total. The van der Waals surface area contributed by atoms with Crippen molar-refractivity contribution >= 4 is 38.9 Å². The van der Waals surface area contributed by atoms with Gasteiger partial charge < -0.3 is 5.32 Å². The Labute approximate surface area is 143 Å². The van der Waals surface area contributed by atoms with Gasteiger partial charge in [0, 0.05) is 20.4 Å². The zero-order valence-corrected chi connectivity index (χ0v) is 15.3. The first-order valence-electron chi connectivity index (χ1n) is 7.25. The Morgan fingerprint density at radius 2 is 2.24 bits per heavy atom. The maximum Gasteiger partial charge on any atom is 0.115 e. The van der Waals surface area contributed by atoms with Crippen molar-refractivity contribution in [1.82, 2.24) is 10.3 Å². The quantitative estimate of drug-likeness (QED) is 0.758. The van der Waals surface area contributed by atoms with Crippen LogP contribution in [0.4, 0.5) is 0 Å². The van der Waals surface area contributed by atoms with Gasteiger partial charge in [-0.3, -0.25) is 0 Å². The molecule has 0 bridgehead atoms. The second-order valence-corrected chi connectivity index (χ2v) is 7.97. The Morgan fingerprint density at radius 1 is 1.48 bits per heavy atom. The maximum atomic E-state index is 6.20. The lowest BCUT2D eigenvalue weighted by Crippen LogP contribution is -2.24. The molecule has 112 valence electrons. The van der Waals surface area contributed by atoms with Gasteiger partial charge in [0.05, 0.1) is 11.7 Å². The van der Waals surface area contributed by atoms with Gasteiger partial charge in [-0.25, -0.2) is 4.98 Å². The van der Waals surface area contributed by atoms with Gasteiger partial charge >= 0.3 is 0 Å². The van der Waals surface area contributed by atoms with Crippen molar-refractivity contribution in [1.29, 1.82) is 0 Å². The number of halogens is 2. The summed E-state index contributed by atoms with van der Waals surface area (Å²) in [5.41, 5.74) is 2.38. The van der Waals surface area contributed by atoms with Crippen LogP contribution in [0, 0.1) is 6.92 Å². The summed E-state index contributed by atoms with van der Waals surface area (Å²) in [4.78, 5) is 6.16. The van der Waals surface area contributed by atoms with Gasteiger partial charge in [-0.1, -0.05) is 34.5 Å². The van der Waals surface area contributed by atoms with Crippen LogP contribution < -0.4 is 5.32 Å². The smallest absolute Gasteiger partial charge is 0.115 e. The molecule has 0 saturated heterocycles. The van der Waals surface area contributed by atoms with Crippen molar-refractivity contribution in [3.8, 4) is 0 Å². The molecule has 5 heteroatoms. The van der Waals surface area contributed by atoms with E-state index in [4.69, 9.17) is 16.6 Å². The summed E-state index contributed by atoms with van der Waals surface area (Å²) in [6.45, 7) is 4.31. The molecular weight excluding hydrogens is 368 g/mol. The molecule has 21 heavy (non-hydrogen) atoms. The zero-order chi connectivity index (χ0) is 15.0. The van der Waals surface area contributed by atoms with E-state index in [0.717, 1.165) is 20.9 Å². The fourth-order valence-corrected chi connectivity index (χ4v) is 4.16. The molecule has 1 fully saturated rings. The second kappa shape index (κ2) is 6.37. The van der Waals surface area contributed by atoms with Gasteiger partial charge in [-0.05, 0) is 49.9 Å². The highest BCUT2D eigenvalue weighted by molar-refractivity contribution is 9.10. The van der Waals surface area contributed by atoms with Crippen molar-refractivity contribution < 1.29 is 0 Å². The summed E-state index contributed by atoms with van der Waals surface area (Å²) >= 11 is 11.6. The Balaban J connectivity index is 2.01. The van der Waals surface area contributed by atoms with Crippen LogP contribution in [0.15, 0.2) is 22.7 Å². The number of benzene rings is 1. The molecule has 2 aromatic rings. The molecule has 1 aliphatic carbocycles. The highest BCUT2D eigenvalue weighted by Gasteiger charge is 2.29. The monoisotopic (exact) mass is 384 g/mol. The minimum Gasteiger partial charge on any atom is -0.301 e. The Hall–Kier alpha value is -0.420. The third kappa shape index (κ3) is 3.50. The average molecular weight is 386 g/mol. The van der Waals surface area contributed by atoms with Gasteiger partial charge in [-0.15, -0.1) is 11.3 Å². The van der Waals surface area contributed by atoms with E-state index in [9.17, 15) is 0 Å². The molecular formula is C16H18BrClN2S. The molecule has 1 heterocycles.